The fourth-order valence-corrected chi connectivity index (χ4v) is 2.62. The highest BCUT2D eigenvalue weighted by molar-refractivity contribution is 6.01. The van der Waals surface area contributed by atoms with E-state index in [1.807, 2.05) is 0 Å². The third-order valence-corrected chi connectivity index (χ3v) is 3.92. The molecule has 2 amide bonds. The molecule has 3 N–H and O–H groups in total. The molecule has 6 nitrogen and oxygen atoms in total. The first-order valence-electron chi connectivity index (χ1n) is 6.97. The lowest BCUT2D eigenvalue weighted by atomic mass is 10.0. The van der Waals surface area contributed by atoms with Crippen molar-refractivity contribution < 1.29 is 19.8 Å². The second-order valence-electron chi connectivity index (χ2n) is 5.47. The van der Waals surface area contributed by atoms with Gasteiger partial charge in [-0.15, -0.1) is 0 Å². The molecule has 0 aliphatic carbocycles. The van der Waals surface area contributed by atoms with Gasteiger partial charge in [0.15, 0.2) is 0 Å². The van der Waals surface area contributed by atoms with Crippen molar-refractivity contribution in [2.45, 2.75) is 26.4 Å². The second-order valence-corrected chi connectivity index (χ2v) is 5.47. The van der Waals surface area contributed by atoms with Gasteiger partial charge in [-0.2, -0.15) is 0 Å². The van der Waals surface area contributed by atoms with E-state index in [9.17, 15) is 19.8 Å². The molecule has 1 aromatic carbocycles. The molecule has 2 rings (SSSR count). The van der Waals surface area contributed by atoms with Crippen LogP contribution >= 0.6 is 0 Å². The Kier molecular flexibility index (Phi) is 4.47. The molecule has 1 aliphatic rings. The summed E-state index contributed by atoms with van der Waals surface area (Å²) < 4.78 is 0. The summed E-state index contributed by atoms with van der Waals surface area (Å²) in [5, 5.41) is 21.5. The van der Waals surface area contributed by atoms with E-state index in [-0.39, 0.29) is 17.5 Å². The van der Waals surface area contributed by atoms with Crippen molar-refractivity contribution in [3.05, 3.63) is 29.3 Å². The number of nitrogens with zero attached hydrogens (tertiary/aromatic N) is 1. The Morgan fingerprint density at radius 3 is 2.71 bits per heavy atom. The zero-order valence-electron chi connectivity index (χ0n) is 12.2. The number of carboxylic acid groups (broad SMARTS) is 1. The monoisotopic (exact) mass is 292 g/mol. The average Bonchev–Trinajstić information content (AvgIpc) is 2.88. The Morgan fingerprint density at radius 1 is 1.43 bits per heavy atom. The molecule has 0 spiro atoms. The summed E-state index contributed by atoms with van der Waals surface area (Å²) in [6.45, 7) is 4.46. The number of hydrogen-bond acceptors (Lipinski definition) is 3. The minimum atomic E-state index is -1.06. The second kappa shape index (κ2) is 6.13. The third kappa shape index (κ3) is 3.33. The van der Waals surface area contributed by atoms with Gasteiger partial charge in [0.2, 0.25) is 0 Å². The lowest BCUT2D eigenvalue weighted by Gasteiger charge is -2.19. The summed E-state index contributed by atoms with van der Waals surface area (Å²) in [5.74, 6) is -0.987. The van der Waals surface area contributed by atoms with Crippen LogP contribution in [0.5, 0.6) is 0 Å². The molecule has 0 saturated carbocycles. The smallest absolute Gasteiger partial charge is 0.338 e. The Bertz CT molecular complexity index is 557. The number of benzene rings is 1. The minimum absolute atomic E-state index is 0.0761. The molecule has 0 bridgehead atoms. The van der Waals surface area contributed by atoms with Gasteiger partial charge in [-0.05, 0) is 31.9 Å². The van der Waals surface area contributed by atoms with E-state index in [0.29, 0.717) is 24.3 Å². The lowest BCUT2D eigenvalue weighted by molar-refractivity contribution is 0.0697. The Morgan fingerprint density at radius 2 is 2.14 bits per heavy atom. The van der Waals surface area contributed by atoms with Gasteiger partial charge in [-0.1, -0.05) is 12.1 Å². The standard InChI is InChI=1S/C15H20N2O4/c1-9-4-3-5-12(13(9)14(19)20)16-15(21)17-7-6-11(8-17)10(2)18/h3-5,10-11,18H,6-8H2,1-2H3,(H,16,21)(H,19,20). The number of hydrogen-bond donors (Lipinski definition) is 3. The van der Waals surface area contributed by atoms with Crippen LogP contribution in [0.15, 0.2) is 18.2 Å². The van der Waals surface area contributed by atoms with Crippen LogP contribution in [0.1, 0.15) is 29.3 Å². The van der Waals surface area contributed by atoms with Gasteiger partial charge in [-0.25, -0.2) is 9.59 Å². The van der Waals surface area contributed by atoms with E-state index in [1.165, 1.54) is 0 Å². The number of nitrogens with one attached hydrogen (secondary N) is 1. The highest BCUT2D eigenvalue weighted by atomic mass is 16.4. The van der Waals surface area contributed by atoms with E-state index in [4.69, 9.17) is 0 Å². The van der Waals surface area contributed by atoms with E-state index in [1.54, 1.807) is 36.9 Å². The molecule has 2 atom stereocenters. The van der Waals surface area contributed by atoms with Gasteiger partial charge in [0.1, 0.15) is 0 Å². The van der Waals surface area contributed by atoms with Crippen molar-refractivity contribution in [3.63, 3.8) is 0 Å². The van der Waals surface area contributed by atoms with Crippen LogP contribution in [0.25, 0.3) is 0 Å². The molecule has 21 heavy (non-hydrogen) atoms. The molecule has 2 unspecified atom stereocenters. The van der Waals surface area contributed by atoms with E-state index in [2.05, 4.69) is 5.32 Å². The molecule has 1 fully saturated rings. The number of aliphatic hydroxyl groups excluding tert-OH is 1. The normalized spacial score (nSPS) is 19.4. The fraction of sp³-hybridized carbons (Fsp3) is 0.467. The summed E-state index contributed by atoms with van der Waals surface area (Å²) >= 11 is 0. The van der Waals surface area contributed by atoms with Crippen LogP contribution in [-0.4, -0.2) is 46.3 Å². The van der Waals surface area contributed by atoms with Gasteiger partial charge in [0, 0.05) is 19.0 Å². The molecule has 0 aromatic heterocycles. The van der Waals surface area contributed by atoms with Gasteiger partial charge in [-0.3, -0.25) is 0 Å². The minimum Gasteiger partial charge on any atom is -0.478 e. The number of likely N-dealkylation sites (tertiary alicyclic amines) is 1. The number of aliphatic hydroxyl groups is 1. The van der Waals surface area contributed by atoms with Gasteiger partial charge in [0.05, 0.1) is 17.4 Å². The molecule has 1 heterocycles. The first-order chi connectivity index (χ1) is 9.90. The highest BCUT2D eigenvalue weighted by Gasteiger charge is 2.29. The van der Waals surface area contributed by atoms with E-state index in [0.717, 1.165) is 6.42 Å². The Balaban J connectivity index is 2.11. The van der Waals surface area contributed by atoms with Crippen LogP contribution in [0.3, 0.4) is 0 Å². The Labute approximate surface area is 123 Å². The molecule has 1 aliphatic heterocycles. The van der Waals surface area contributed by atoms with Crippen LogP contribution < -0.4 is 5.32 Å². The zero-order valence-corrected chi connectivity index (χ0v) is 12.2. The average molecular weight is 292 g/mol. The maximum atomic E-state index is 12.2. The number of carboxylic acids is 1. The number of rotatable bonds is 3. The summed E-state index contributed by atoms with van der Waals surface area (Å²) in [5.41, 5.74) is 1.01. The quantitative estimate of drug-likeness (QED) is 0.794. The number of aromatic carboxylic acids is 1. The fourth-order valence-electron chi connectivity index (χ4n) is 2.62. The number of aryl methyl sites for hydroxylation is 1. The van der Waals surface area contributed by atoms with Crippen molar-refractivity contribution in [2.75, 3.05) is 18.4 Å². The van der Waals surface area contributed by atoms with Crippen molar-refractivity contribution in [2.24, 2.45) is 5.92 Å². The number of amides is 2. The Hall–Kier alpha value is -2.08. The van der Waals surface area contributed by atoms with Crippen LogP contribution in [-0.2, 0) is 0 Å². The summed E-state index contributed by atoms with van der Waals surface area (Å²) in [7, 11) is 0. The predicted octanol–water partition coefficient (Wildman–Crippen LogP) is 1.93. The van der Waals surface area contributed by atoms with Gasteiger partial charge >= 0.3 is 12.0 Å². The third-order valence-electron chi connectivity index (χ3n) is 3.92. The van der Waals surface area contributed by atoms with Crippen molar-refractivity contribution >= 4 is 17.7 Å². The SMILES string of the molecule is Cc1cccc(NC(=O)N2CCC(C(C)O)C2)c1C(=O)O. The largest absolute Gasteiger partial charge is 0.478 e. The maximum Gasteiger partial charge on any atom is 0.338 e. The topological polar surface area (TPSA) is 89.9 Å². The van der Waals surface area contributed by atoms with Crippen LogP contribution in [0.4, 0.5) is 10.5 Å². The molecule has 0 radical (unpaired) electrons. The van der Waals surface area contributed by atoms with Crippen LogP contribution in [0, 0.1) is 12.8 Å². The number of anilines is 1. The van der Waals surface area contributed by atoms with Gasteiger partial charge in [0.25, 0.3) is 0 Å². The number of carbonyl (C=O) groups excluding carboxylic acids is 1. The number of urea groups is 1. The maximum absolute atomic E-state index is 12.2. The summed E-state index contributed by atoms with van der Waals surface area (Å²) in [6.07, 6.45) is 0.307. The van der Waals surface area contributed by atoms with E-state index < -0.39 is 12.1 Å². The lowest BCUT2D eigenvalue weighted by Crippen LogP contribution is -2.34. The van der Waals surface area contributed by atoms with Crippen molar-refractivity contribution in [1.29, 1.82) is 0 Å². The first-order valence-corrected chi connectivity index (χ1v) is 6.97. The summed E-state index contributed by atoms with van der Waals surface area (Å²) in [4.78, 5) is 25.1. The molecule has 114 valence electrons. The van der Waals surface area contributed by atoms with Gasteiger partial charge < -0.3 is 20.4 Å². The first kappa shape index (κ1) is 15.3. The van der Waals surface area contributed by atoms with Crippen molar-refractivity contribution in [3.8, 4) is 0 Å². The number of carbonyl (C=O) groups is 2. The molecular formula is C15H20N2O4. The molecule has 6 heteroatoms. The zero-order chi connectivity index (χ0) is 15.6. The highest BCUT2D eigenvalue weighted by Crippen LogP contribution is 2.23. The molecule has 1 aromatic rings. The molecular weight excluding hydrogens is 272 g/mol. The molecule has 1 saturated heterocycles. The predicted molar refractivity (Wildman–Crippen MR) is 78.5 cm³/mol. The summed E-state index contributed by atoms with van der Waals surface area (Å²) in [6, 6.07) is 4.65. The van der Waals surface area contributed by atoms with Crippen LogP contribution in [0.2, 0.25) is 0 Å². The van der Waals surface area contributed by atoms with E-state index >= 15 is 0 Å². The van der Waals surface area contributed by atoms with Crippen molar-refractivity contribution in [1.82, 2.24) is 4.90 Å².